The maximum Gasteiger partial charge on any atom is 0.331 e. The van der Waals surface area contributed by atoms with E-state index in [1.54, 1.807) is 6.08 Å². The standard InChI is InChI=1S/C12H12O2/c13-12-6-9-5-4-8-2-1-3-10(8)11(9)7-14-12/h4,6H,1-3,5,7H2. The summed E-state index contributed by atoms with van der Waals surface area (Å²) in [5, 5.41) is 0. The predicted molar refractivity (Wildman–Crippen MR) is 52.6 cm³/mol. The molecule has 1 heterocycles. The van der Waals surface area contributed by atoms with Gasteiger partial charge in [-0.2, -0.15) is 0 Å². The first-order valence-corrected chi connectivity index (χ1v) is 5.14. The molecule has 0 bridgehead atoms. The van der Waals surface area contributed by atoms with E-state index in [0.29, 0.717) is 6.61 Å². The Hall–Kier alpha value is -1.31. The van der Waals surface area contributed by atoms with Crippen LogP contribution in [0.3, 0.4) is 0 Å². The molecular weight excluding hydrogens is 176 g/mol. The zero-order valence-electron chi connectivity index (χ0n) is 8.01. The number of carbonyl (C=O) groups excluding carboxylic acids is 1. The number of hydrogen-bond acceptors (Lipinski definition) is 2. The Labute approximate surface area is 82.9 Å². The third-order valence-corrected chi connectivity index (χ3v) is 3.23. The van der Waals surface area contributed by atoms with Crippen molar-refractivity contribution in [1.29, 1.82) is 0 Å². The van der Waals surface area contributed by atoms with Crippen molar-refractivity contribution < 1.29 is 9.53 Å². The quantitative estimate of drug-likeness (QED) is 0.545. The number of esters is 1. The van der Waals surface area contributed by atoms with E-state index in [2.05, 4.69) is 6.08 Å². The van der Waals surface area contributed by atoms with E-state index in [4.69, 9.17) is 4.74 Å². The van der Waals surface area contributed by atoms with Crippen molar-refractivity contribution in [2.75, 3.05) is 6.61 Å². The smallest absolute Gasteiger partial charge is 0.331 e. The highest BCUT2D eigenvalue weighted by molar-refractivity contribution is 5.86. The second kappa shape index (κ2) is 2.84. The largest absolute Gasteiger partial charge is 0.458 e. The highest BCUT2D eigenvalue weighted by Gasteiger charge is 2.26. The molecular formula is C12H12O2. The lowest BCUT2D eigenvalue weighted by molar-refractivity contribution is -0.137. The number of ether oxygens (including phenoxy) is 1. The van der Waals surface area contributed by atoms with Gasteiger partial charge in [-0.25, -0.2) is 4.79 Å². The first kappa shape index (κ1) is 8.04. The first-order valence-electron chi connectivity index (χ1n) is 5.14. The third kappa shape index (κ3) is 1.07. The molecule has 72 valence electrons. The van der Waals surface area contributed by atoms with Crippen molar-refractivity contribution in [2.45, 2.75) is 25.7 Å². The van der Waals surface area contributed by atoms with Crippen LogP contribution in [0.1, 0.15) is 25.7 Å². The highest BCUT2D eigenvalue weighted by atomic mass is 16.5. The lowest BCUT2D eigenvalue weighted by Crippen LogP contribution is -2.17. The molecule has 0 aromatic rings. The van der Waals surface area contributed by atoms with Gasteiger partial charge in [0.15, 0.2) is 0 Å². The lowest BCUT2D eigenvalue weighted by atomic mass is 9.88. The van der Waals surface area contributed by atoms with Crippen molar-refractivity contribution in [3.63, 3.8) is 0 Å². The Balaban J connectivity index is 2.11. The monoisotopic (exact) mass is 188 g/mol. The highest BCUT2D eigenvalue weighted by Crippen LogP contribution is 2.40. The number of hydrogen-bond donors (Lipinski definition) is 0. The van der Waals surface area contributed by atoms with Gasteiger partial charge >= 0.3 is 5.97 Å². The molecule has 0 spiro atoms. The minimum Gasteiger partial charge on any atom is -0.458 e. The number of cyclic esters (lactones) is 1. The van der Waals surface area contributed by atoms with Gasteiger partial charge < -0.3 is 4.74 Å². The van der Waals surface area contributed by atoms with E-state index in [0.717, 1.165) is 12.8 Å². The molecule has 3 aliphatic rings. The van der Waals surface area contributed by atoms with Crippen molar-refractivity contribution in [3.8, 4) is 0 Å². The second-order valence-corrected chi connectivity index (χ2v) is 4.02. The van der Waals surface area contributed by atoms with Gasteiger partial charge in [0.1, 0.15) is 6.61 Å². The van der Waals surface area contributed by atoms with Crippen LogP contribution < -0.4 is 0 Å². The third-order valence-electron chi connectivity index (χ3n) is 3.23. The maximum absolute atomic E-state index is 11.1. The Morgan fingerprint density at radius 2 is 2.07 bits per heavy atom. The summed E-state index contributed by atoms with van der Waals surface area (Å²) in [6, 6.07) is 0. The molecule has 2 nitrogen and oxygen atoms in total. The molecule has 0 radical (unpaired) electrons. The van der Waals surface area contributed by atoms with Crippen molar-refractivity contribution >= 4 is 5.97 Å². The average molecular weight is 188 g/mol. The number of fused-ring (bicyclic) bond motifs is 2. The maximum atomic E-state index is 11.1. The zero-order valence-corrected chi connectivity index (χ0v) is 8.01. The molecule has 14 heavy (non-hydrogen) atoms. The van der Waals surface area contributed by atoms with Gasteiger partial charge in [0.05, 0.1) is 0 Å². The van der Waals surface area contributed by atoms with E-state index in [1.807, 2.05) is 0 Å². The van der Waals surface area contributed by atoms with E-state index < -0.39 is 0 Å². The van der Waals surface area contributed by atoms with Crippen LogP contribution in [-0.4, -0.2) is 12.6 Å². The van der Waals surface area contributed by atoms with Crippen LogP contribution in [0.25, 0.3) is 0 Å². The molecule has 2 heteroatoms. The molecule has 0 atom stereocenters. The zero-order chi connectivity index (χ0) is 9.54. The van der Waals surface area contributed by atoms with Crippen LogP contribution in [0.15, 0.2) is 34.4 Å². The average Bonchev–Trinajstić information content (AvgIpc) is 2.65. The Morgan fingerprint density at radius 3 is 3.00 bits per heavy atom. The molecule has 1 fully saturated rings. The van der Waals surface area contributed by atoms with Gasteiger partial charge in [0.2, 0.25) is 0 Å². The van der Waals surface area contributed by atoms with E-state index in [1.165, 1.54) is 35.1 Å². The fourth-order valence-electron chi connectivity index (χ4n) is 2.54. The molecule has 2 aliphatic carbocycles. The lowest BCUT2D eigenvalue weighted by Gasteiger charge is -2.23. The summed E-state index contributed by atoms with van der Waals surface area (Å²) >= 11 is 0. The Morgan fingerprint density at radius 1 is 1.14 bits per heavy atom. The molecule has 3 rings (SSSR count). The van der Waals surface area contributed by atoms with Gasteiger partial charge in [0.25, 0.3) is 0 Å². The fourth-order valence-corrected chi connectivity index (χ4v) is 2.54. The number of carbonyl (C=O) groups is 1. The van der Waals surface area contributed by atoms with Crippen LogP contribution in [-0.2, 0) is 9.53 Å². The topological polar surface area (TPSA) is 26.3 Å². The molecule has 0 unspecified atom stereocenters. The van der Waals surface area contributed by atoms with Crippen molar-refractivity contribution in [1.82, 2.24) is 0 Å². The molecule has 0 N–H and O–H groups in total. The van der Waals surface area contributed by atoms with Crippen molar-refractivity contribution in [2.24, 2.45) is 0 Å². The summed E-state index contributed by atoms with van der Waals surface area (Å²) in [6.07, 6.45) is 8.47. The number of allylic oxidation sites excluding steroid dienone is 3. The summed E-state index contributed by atoms with van der Waals surface area (Å²) in [5.74, 6) is -0.181. The normalized spacial score (nSPS) is 25.0. The minimum atomic E-state index is -0.181. The summed E-state index contributed by atoms with van der Waals surface area (Å²) in [7, 11) is 0. The van der Waals surface area contributed by atoms with E-state index in [9.17, 15) is 4.79 Å². The first-order chi connectivity index (χ1) is 6.84. The Kier molecular flexibility index (Phi) is 1.63. The van der Waals surface area contributed by atoms with Gasteiger partial charge in [-0.15, -0.1) is 0 Å². The summed E-state index contributed by atoms with van der Waals surface area (Å²) in [4.78, 5) is 11.1. The molecule has 0 amide bonds. The fraction of sp³-hybridized carbons (Fsp3) is 0.417. The van der Waals surface area contributed by atoms with Gasteiger partial charge in [-0.1, -0.05) is 6.08 Å². The van der Waals surface area contributed by atoms with Crippen LogP contribution >= 0.6 is 0 Å². The van der Waals surface area contributed by atoms with Crippen LogP contribution in [0.4, 0.5) is 0 Å². The molecule has 0 saturated heterocycles. The van der Waals surface area contributed by atoms with Crippen LogP contribution in [0.5, 0.6) is 0 Å². The van der Waals surface area contributed by atoms with E-state index in [-0.39, 0.29) is 5.97 Å². The molecule has 1 aliphatic heterocycles. The summed E-state index contributed by atoms with van der Waals surface area (Å²) < 4.78 is 5.06. The van der Waals surface area contributed by atoms with Gasteiger partial charge in [0, 0.05) is 6.08 Å². The predicted octanol–water partition coefficient (Wildman–Crippen LogP) is 2.28. The minimum absolute atomic E-state index is 0.181. The molecule has 1 saturated carbocycles. The van der Waals surface area contributed by atoms with Crippen LogP contribution in [0, 0.1) is 0 Å². The molecule has 0 aromatic carbocycles. The van der Waals surface area contributed by atoms with Gasteiger partial charge in [-0.3, -0.25) is 0 Å². The Bertz CT molecular complexity index is 397. The second-order valence-electron chi connectivity index (χ2n) is 4.02. The van der Waals surface area contributed by atoms with Crippen molar-refractivity contribution in [3.05, 3.63) is 34.4 Å². The van der Waals surface area contributed by atoms with Crippen LogP contribution in [0.2, 0.25) is 0 Å². The summed E-state index contributed by atoms with van der Waals surface area (Å²) in [5.41, 5.74) is 5.42. The SMILES string of the molecule is O=C1C=C2CC=C3CCCC3=C2CO1. The number of rotatable bonds is 0. The van der Waals surface area contributed by atoms with E-state index >= 15 is 0 Å². The summed E-state index contributed by atoms with van der Waals surface area (Å²) in [6.45, 7) is 0.497. The van der Waals surface area contributed by atoms with Gasteiger partial charge in [-0.05, 0) is 48.0 Å². The molecule has 0 aromatic heterocycles.